The molecule has 2 N–H and O–H groups in total. The van der Waals surface area contributed by atoms with Gasteiger partial charge >= 0.3 is 0 Å². The average molecular weight is 366 g/mol. The van der Waals surface area contributed by atoms with Crippen molar-refractivity contribution in [3.8, 4) is 0 Å². The Labute approximate surface area is 155 Å². The topological polar surface area (TPSA) is 71.3 Å². The van der Waals surface area contributed by atoms with Crippen molar-refractivity contribution in [3.63, 3.8) is 0 Å². The third-order valence-electron chi connectivity index (χ3n) is 4.39. The Morgan fingerprint density at radius 1 is 1.23 bits per heavy atom. The first-order chi connectivity index (χ1) is 12.5. The third kappa shape index (κ3) is 3.08. The van der Waals surface area contributed by atoms with E-state index in [1.807, 2.05) is 50.2 Å². The van der Waals surface area contributed by atoms with E-state index >= 15 is 0 Å². The second-order valence-electron chi connectivity index (χ2n) is 6.34. The van der Waals surface area contributed by atoms with Crippen molar-refractivity contribution in [3.05, 3.63) is 59.9 Å². The summed E-state index contributed by atoms with van der Waals surface area (Å²) in [6, 6.07) is 14.8. The Hall–Kier alpha value is -2.73. The fraction of sp³-hybridized carbons (Fsp3) is 0.200. The molecule has 0 radical (unpaired) electrons. The summed E-state index contributed by atoms with van der Waals surface area (Å²) in [6.07, 6.45) is 0. The standard InChI is InChI=1S/C20H18N2O3S/c1-11(17-10-13-5-3-4-6-16(13)25-17)21-20(24)14-7-8-18-15(9-14)22-19(23)12(2)26-18/h3-12H,1-2H3,(H,21,24)(H,22,23)/t11-,12-/m0/s1. The normalized spacial score (nSPS) is 17.5. The van der Waals surface area contributed by atoms with Crippen molar-refractivity contribution in [1.82, 2.24) is 5.32 Å². The minimum Gasteiger partial charge on any atom is -0.459 e. The monoisotopic (exact) mass is 366 g/mol. The van der Waals surface area contributed by atoms with Gasteiger partial charge in [-0.2, -0.15) is 0 Å². The number of amides is 2. The highest BCUT2D eigenvalue weighted by Gasteiger charge is 2.24. The molecule has 0 aliphatic carbocycles. The van der Waals surface area contributed by atoms with Crippen molar-refractivity contribution in [2.75, 3.05) is 5.32 Å². The number of furan rings is 1. The van der Waals surface area contributed by atoms with E-state index < -0.39 is 0 Å². The Balaban J connectivity index is 1.52. The quantitative estimate of drug-likeness (QED) is 0.723. The lowest BCUT2D eigenvalue weighted by molar-refractivity contribution is -0.115. The first-order valence-corrected chi connectivity index (χ1v) is 9.30. The van der Waals surface area contributed by atoms with Crippen LogP contribution in [-0.4, -0.2) is 17.1 Å². The number of benzene rings is 2. The molecular weight excluding hydrogens is 348 g/mol. The SMILES string of the molecule is C[C@@H]1Sc2ccc(C(=O)N[C@@H](C)c3cc4ccccc4o3)cc2NC1=O. The number of anilines is 1. The van der Waals surface area contributed by atoms with Crippen molar-refractivity contribution >= 4 is 40.2 Å². The van der Waals surface area contributed by atoms with E-state index in [9.17, 15) is 9.59 Å². The van der Waals surface area contributed by atoms with E-state index in [-0.39, 0.29) is 23.1 Å². The molecule has 1 aliphatic rings. The maximum Gasteiger partial charge on any atom is 0.251 e. The van der Waals surface area contributed by atoms with Crippen LogP contribution >= 0.6 is 11.8 Å². The van der Waals surface area contributed by atoms with Gasteiger partial charge in [0, 0.05) is 15.8 Å². The van der Waals surface area contributed by atoms with Crippen LogP contribution in [0.5, 0.6) is 0 Å². The number of nitrogens with one attached hydrogen (secondary N) is 2. The largest absolute Gasteiger partial charge is 0.459 e. The zero-order chi connectivity index (χ0) is 18.3. The van der Waals surface area contributed by atoms with Crippen LogP contribution in [0, 0.1) is 0 Å². The molecule has 1 aliphatic heterocycles. The average Bonchev–Trinajstić information content (AvgIpc) is 3.06. The third-order valence-corrected chi connectivity index (χ3v) is 5.57. The molecule has 0 saturated carbocycles. The zero-order valence-electron chi connectivity index (χ0n) is 14.4. The predicted octanol–water partition coefficient (Wildman–Crippen LogP) is 4.36. The van der Waals surface area contributed by atoms with E-state index in [0.29, 0.717) is 17.0 Å². The minimum atomic E-state index is -0.269. The number of carbonyl (C=O) groups is 2. The highest BCUT2D eigenvalue weighted by molar-refractivity contribution is 8.00. The zero-order valence-corrected chi connectivity index (χ0v) is 15.2. The van der Waals surface area contributed by atoms with Gasteiger partial charge in [-0.1, -0.05) is 18.2 Å². The van der Waals surface area contributed by atoms with Crippen LogP contribution < -0.4 is 10.6 Å². The number of fused-ring (bicyclic) bond motifs is 2. The molecular formula is C20H18N2O3S. The summed E-state index contributed by atoms with van der Waals surface area (Å²) in [5.74, 6) is 0.449. The van der Waals surface area contributed by atoms with E-state index in [1.165, 1.54) is 11.8 Å². The maximum atomic E-state index is 12.6. The molecule has 2 aromatic carbocycles. The summed E-state index contributed by atoms with van der Waals surface area (Å²) in [5, 5.41) is 6.67. The molecule has 4 rings (SSSR count). The molecule has 0 spiro atoms. The molecule has 2 heterocycles. The van der Waals surface area contributed by atoms with Gasteiger partial charge in [0.05, 0.1) is 17.0 Å². The van der Waals surface area contributed by atoms with Crippen LogP contribution in [0.2, 0.25) is 0 Å². The molecule has 0 fully saturated rings. The number of rotatable bonds is 3. The van der Waals surface area contributed by atoms with Crippen LogP contribution in [0.25, 0.3) is 11.0 Å². The van der Waals surface area contributed by atoms with E-state index in [4.69, 9.17) is 4.42 Å². The lowest BCUT2D eigenvalue weighted by atomic mass is 10.1. The van der Waals surface area contributed by atoms with Crippen LogP contribution in [0.3, 0.4) is 0 Å². The van der Waals surface area contributed by atoms with E-state index in [1.54, 1.807) is 12.1 Å². The van der Waals surface area contributed by atoms with E-state index in [2.05, 4.69) is 10.6 Å². The van der Waals surface area contributed by atoms with Gasteiger partial charge in [-0.3, -0.25) is 9.59 Å². The summed E-state index contributed by atoms with van der Waals surface area (Å²) in [7, 11) is 0. The van der Waals surface area contributed by atoms with Crippen LogP contribution in [-0.2, 0) is 4.79 Å². The molecule has 0 saturated heterocycles. The first kappa shape index (κ1) is 16.7. The molecule has 6 heteroatoms. The smallest absolute Gasteiger partial charge is 0.251 e. The summed E-state index contributed by atoms with van der Waals surface area (Å²) in [5.41, 5.74) is 1.98. The van der Waals surface area contributed by atoms with Crippen LogP contribution in [0.1, 0.15) is 36.0 Å². The molecule has 2 atom stereocenters. The fourth-order valence-electron chi connectivity index (χ4n) is 2.92. The number of carbonyl (C=O) groups excluding carboxylic acids is 2. The number of thioether (sulfide) groups is 1. The lowest BCUT2D eigenvalue weighted by Gasteiger charge is -2.22. The summed E-state index contributed by atoms with van der Waals surface area (Å²) in [6.45, 7) is 3.74. The molecule has 26 heavy (non-hydrogen) atoms. The number of para-hydroxylation sites is 1. The van der Waals surface area contributed by atoms with Crippen molar-refractivity contribution in [2.24, 2.45) is 0 Å². The van der Waals surface area contributed by atoms with Crippen molar-refractivity contribution in [1.29, 1.82) is 0 Å². The molecule has 1 aromatic heterocycles. The molecule has 0 bridgehead atoms. The van der Waals surface area contributed by atoms with Gasteiger partial charge in [-0.25, -0.2) is 0 Å². The van der Waals surface area contributed by atoms with Crippen LogP contribution in [0.4, 0.5) is 5.69 Å². The fourth-order valence-corrected chi connectivity index (χ4v) is 3.85. The van der Waals surface area contributed by atoms with Gasteiger partial charge in [-0.15, -0.1) is 11.8 Å². The Morgan fingerprint density at radius 3 is 2.85 bits per heavy atom. The van der Waals surface area contributed by atoms with E-state index in [0.717, 1.165) is 15.9 Å². The Kier molecular flexibility index (Phi) is 4.20. The van der Waals surface area contributed by atoms with Crippen molar-refractivity contribution < 1.29 is 14.0 Å². The molecule has 0 unspecified atom stereocenters. The van der Waals surface area contributed by atoms with Gasteiger partial charge in [-0.05, 0) is 44.2 Å². The first-order valence-electron chi connectivity index (χ1n) is 8.42. The summed E-state index contributed by atoms with van der Waals surface area (Å²) >= 11 is 1.49. The predicted molar refractivity (Wildman–Crippen MR) is 102 cm³/mol. The molecule has 132 valence electrons. The minimum absolute atomic E-state index is 0.0456. The lowest BCUT2D eigenvalue weighted by Crippen LogP contribution is -2.28. The summed E-state index contributed by atoms with van der Waals surface area (Å²) < 4.78 is 5.81. The maximum absolute atomic E-state index is 12.6. The highest BCUT2D eigenvalue weighted by atomic mass is 32.2. The second kappa shape index (κ2) is 6.53. The van der Waals surface area contributed by atoms with Crippen LogP contribution in [0.15, 0.2) is 57.8 Å². The Morgan fingerprint density at radius 2 is 2.04 bits per heavy atom. The van der Waals surface area contributed by atoms with Gasteiger partial charge in [0.1, 0.15) is 11.3 Å². The highest BCUT2D eigenvalue weighted by Crippen LogP contribution is 2.36. The molecule has 5 nitrogen and oxygen atoms in total. The molecule has 3 aromatic rings. The van der Waals surface area contributed by atoms with Gasteiger partial charge < -0.3 is 15.1 Å². The summed E-state index contributed by atoms with van der Waals surface area (Å²) in [4.78, 5) is 25.4. The van der Waals surface area contributed by atoms with Gasteiger partial charge in [0.2, 0.25) is 5.91 Å². The number of hydrogen-bond donors (Lipinski definition) is 2. The van der Waals surface area contributed by atoms with Gasteiger partial charge in [0.25, 0.3) is 5.91 Å². The Bertz CT molecular complexity index is 978. The second-order valence-corrected chi connectivity index (χ2v) is 7.72. The van der Waals surface area contributed by atoms with Gasteiger partial charge in [0.15, 0.2) is 0 Å². The molecule has 2 amide bonds. The van der Waals surface area contributed by atoms with Crippen molar-refractivity contribution in [2.45, 2.75) is 30.0 Å². The number of hydrogen-bond acceptors (Lipinski definition) is 4.